The van der Waals surface area contributed by atoms with Crippen LogP contribution >= 0.6 is 11.9 Å². The van der Waals surface area contributed by atoms with Gasteiger partial charge in [-0.25, -0.2) is 0 Å². The largest absolute Gasteiger partial charge is 0.280 e. The van der Waals surface area contributed by atoms with Crippen molar-refractivity contribution in [3.8, 4) is 0 Å². The zero-order valence-corrected chi connectivity index (χ0v) is 12.6. The van der Waals surface area contributed by atoms with Crippen LogP contribution in [0.25, 0.3) is 0 Å². The van der Waals surface area contributed by atoms with Crippen molar-refractivity contribution in [2.24, 2.45) is 0 Å². The fourth-order valence-corrected chi connectivity index (χ4v) is 3.31. The van der Waals surface area contributed by atoms with Gasteiger partial charge < -0.3 is 0 Å². The summed E-state index contributed by atoms with van der Waals surface area (Å²) in [4.78, 5) is 24.7. The normalized spacial score (nSPS) is 15.2. The molecule has 5 heteroatoms. The zero-order chi connectivity index (χ0) is 14.4. The molecular formula is C15H20N2O2S. The van der Waals surface area contributed by atoms with Crippen molar-refractivity contribution in [2.75, 3.05) is 25.4 Å². The molecule has 1 aliphatic rings. The van der Waals surface area contributed by atoms with Gasteiger partial charge in [-0.05, 0) is 31.4 Å². The maximum atomic E-state index is 12.3. The number of nitrogens with zero attached hydrogens (tertiary/aromatic N) is 2. The maximum Gasteiger partial charge on any atom is 0.260 e. The van der Waals surface area contributed by atoms with Gasteiger partial charge >= 0.3 is 0 Å². The highest BCUT2D eigenvalue weighted by Crippen LogP contribution is 2.18. The molecule has 1 heterocycles. The van der Waals surface area contributed by atoms with Crippen LogP contribution in [0.15, 0.2) is 24.3 Å². The van der Waals surface area contributed by atoms with E-state index in [-0.39, 0.29) is 5.91 Å². The number of carbonyl (C=O) groups excluding carboxylic acids is 2. The molecule has 0 atom stereocenters. The van der Waals surface area contributed by atoms with Crippen LogP contribution in [-0.4, -0.2) is 46.9 Å². The molecule has 0 aliphatic carbocycles. The number of carbonyl (C=O) groups is 2. The van der Waals surface area contributed by atoms with E-state index in [9.17, 15) is 9.59 Å². The molecule has 0 radical (unpaired) electrons. The third-order valence-electron chi connectivity index (χ3n) is 3.43. The Bertz CT molecular complexity index is 473. The molecule has 108 valence electrons. The number of amides is 2. The Hall–Kier alpha value is -1.33. The summed E-state index contributed by atoms with van der Waals surface area (Å²) >= 11 is 1.73. The van der Waals surface area contributed by atoms with Gasteiger partial charge in [0, 0.05) is 31.0 Å². The molecule has 20 heavy (non-hydrogen) atoms. The van der Waals surface area contributed by atoms with Crippen molar-refractivity contribution in [3.63, 3.8) is 0 Å². The Morgan fingerprint density at radius 3 is 2.70 bits per heavy atom. The zero-order valence-electron chi connectivity index (χ0n) is 11.7. The van der Waals surface area contributed by atoms with Gasteiger partial charge in [0.1, 0.15) is 0 Å². The highest BCUT2D eigenvalue weighted by atomic mass is 32.2. The molecule has 0 aromatic heterocycles. The molecule has 0 unspecified atom stereocenters. The van der Waals surface area contributed by atoms with Crippen LogP contribution < -0.4 is 0 Å². The van der Waals surface area contributed by atoms with Gasteiger partial charge in [0.15, 0.2) is 0 Å². The molecular weight excluding hydrogens is 272 g/mol. The van der Waals surface area contributed by atoms with Gasteiger partial charge in [0.2, 0.25) is 6.41 Å². The summed E-state index contributed by atoms with van der Waals surface area (Å²) in [6.45, 7) is 4.56. The van der Waals surface area contributed by atoms with Crippen molar-refractivity contribution in [2.45, 2.75) is 19.8 Å². The first-order valence-corrected chi connectivity index (χ1v) is 7.86. The number of aryl methyl sites for hydroxylation is 1. The minimum Gasteiger partial charge on any atom is -0.280 e. The second-order valence-corrected chi connectivity index (χ2v) is 6.07. The molecule has 0 N–H and O–H groups in total. The summed E-state index contributed by atoms with van der Waals surface area (Å²) in [6, 6.07) is 7.36. The van der Waals surface area contributed by atoms with E-state index in [1.54, 1.807) is 18.0 Å². The Morgan fingerprint density at radius 2 is 2.05 bits per heavy atom. The van der Waals surface area contributed by atoms with Crippen LogP contribution in [0.4, 0.5) is 0 Å². The maximum absolute atomic E-state index is 12.3. The molecule has 1 saturated heterocycles. The van der Waals surface area contributed by atoms with Gasteiger partial charge in [0.25, 0.3) is 5.91 Å². The van der Waals surface area contributed by atoms with Crippen LogP contribution in [-0.2, 0) is 4.79 Å². The SMILES string of the molecule is Cc1ccccc1C(=O)N(C=O)CCSN1CCCC1. The lowest BCUT2D eigenvalue weighted by Gasteiger charge is -2.18. The van der Waals surface area contributed by atoms with Gasteiger partial charge in [-0.1, -0.05) is 30.1 Å². The number of hydrogen-bond donors (Lipinski definition) is 0. The van der Waals surface area contributed by atoms with E-state index in [0.29, 0.717) is 18.5 Å². The predicted molar refractivity (Wildman–Crippen MR) is 81.5 cm³/mol. The van der Waals surface area contributed by atoms with Crippen molar-refractivity contribution in [3.05, 3.63) is 35.4 Å². The summed E-state index contributed by atoms with van der Waals surface area (Å²) in [5, 5.41) is 0. The summed E-state index contributed by atoms with van der Waals surface area (Å²) in [6.07, 6.45) is 3.12. The fourth-order valence-electron chi connectivity index (χ4n) is 2.26. The number of benzene rings is 1. The van der Waals surface area contributed by atoms with Crippen molar-refractivity contribution < 1.29 is 9.59 Å². The fraction of sp³-hybridized carbons (Fsp3) is 0.467. The molecule has 1 fully saturated rings. The smallest absolute Gasteiger partial charge is 0.260 e. The minimum absolute atomic E-state index is 0.208. The Balaban J connectivity index is 1.89. The van der Waals surface area contributed by atoms with Crippen molar-refractivity contribution in [1.82, 2.24) is 9.21 Å². The molecule has 1 aromatic carbocycles. The van der Waals surface area contributed by atoms with E-state index in [4.69, 9.17) is 0 Å². The molecule has 0 saturated carbocycles. The number of rotatable bonds is 6. The van der Waals surface area contributed by atoms with E-state index < -0.39 is 0 Å². The Labute approximate surface area is 124 Å². The first kappa shape index (κ1) is 15.1. The average molecular weight is 292 g/mol. The van der Waals surface area contributed by atoms with Crippen LogP contribution in [0.2, 0.25) is 0 Å². The van der Waals surface area contributed by atoms with Crippen molar-refractivity contribution >= 4 is 24.3 Å². The summed E-state index contributed by atoms with van der Waals surface area (Å²) in [7, 11) is 0. The monoisotopic (exact) mass is 292 g/mol. The molecule has 0 bridgehead atoms. The third-order valence-corrected chi connectivity index (χ3v) is 4.53. The predicted octanol–water partition coefficient (Wildman–Crippen LogP) is 2.34. The van der Waals surface area contributed by atoms with Gasteiger partial charge in [-0.3, -0.25) is 18.8 Å². The van der Waals surface area contributed by atoms with Gasteiger partial charge in [-0.15, -0.1) is 0 Å². The average Bonchev–Trinajstić information content (AvgIpc) is 2.97. The second-order valence-electron chi connectivity index (χ2n) is 4.89. The van der Waals surface area contributed by atoms with E-state index in [1.807, 2.05) is 25.1 Å². The van der Waals surface area contributed by atoms with Crippen LogP contribution in [0, 0.1) is 6.92 Å². The molecule has 2 amide bonds. The summed E-state index contributed by atoms with van der Waals surface area (Å²) in [5.41, 5.74) is 1.50. The molecule has 1 aliphatic heterocycles. The lowest BCUT2D eigenvalue weighted by Crippen LogP contribution is -2.32. The Kier molecular flexibility index (Phi) is 5.61. The van der Waals surface area contributed by atoms with Gasteiger partial charge in [0.05, 0.1) is 0 Å². The van der Waals surface area contributed by atoms with Crippen molar-refractivity contribution in [1.29, 1.82) is 0 Å². The first-order valence-electron chi connectivity index (χ1n) is 6.92. The second kappa shape index (κ2) is 7.45. The topological polar surface area (TPSA) is 40.6 Å². The summed E-state index contributed by atoms with van der Waals surface area (Å²) in [5.74, 6) is 0.552. The highest BCUT2D eigenvalue weighted by Gasteiger charge is 2.18. The molecule has 4 nitrogen and oxygen atoms in total. The third kappa shape index (κ3) is 3.84. The number of hydrogen-bond acceptors (Lipinski definition) is 4. The van der Waals surface area contributed by atoms with Crippen LogP contribution in [0.3, 0.4) is 0 Å². The summed E-state index contributed by atoms with van der Waals surface area (Å²) < 4.78 is 2.31. The van der Waals surface area contributed by atoms with E-state index in [0.717, 1.165) is 24.4 Å². The lowest BCUT2D eigenvalue weighted by molar-refractivity contribution is -0.115. The van der Waals surface area contributed by atoms with Crippen LogP contribution in [0.1, 0.15) is 28.8 Å². The minimum atomic E-state index is -0.208. The first-order chi connectivity index (χ1) is 9.72. The molecule has 2 rings (SSSR count). The van der Waals surface area contributed by atoms with Gasteiger partial charge in [-0.2, -0.15) is 0 Å². The number of imide groups is 1. The van der Waals surface area contributed by atoms with E-state index in [2.05, 4.69) is 4.31 Å². The Morgan fingerprint density at radius 1 is 1.35 bits per heavy atom. The molecule has 1 aromatic rings. The van der Waals surface area contributed by atoms with E-state index in [1.165, 1.54) is 17.7 Å². The quantitative estimate of drug-likeness (QED) is 0.596. The standard InChI is InChI=1S/C15H20N2O2S/c1-13-6-2-3-7-14(13)15(19)16(12-18)10-11-20-17-8-4-5-9-17/h2-3,6-7,12H,4-5,8-11H2,1H3. The van der Waals surface area contributed by atoms with Crippen LogP contribution in [0.5, 0.6) is 0 Å². The van der Waals surface area contributed by atoms with E-state index >= 15 is 0 Å². The lowest BCUT2D eigenvalue weighted by atomic mass is 10.1. The highest BCUT2D eigenvalue weighted by molar-refractivity contribution is 7.97. The molecule has 0 spiro atoms.